The molecule has 8 heteroatoms. The summed E-state index contributed by atoms with van der Waals surface area (Å²) < 4.78 is 6.55. The summed E-state index contributed by atoms with van der Waals surface area (Å²) >= 11 is 0. The number of nitrogens with zero attached hydrogens (tertiary/aromatic N) is 4. The molecule has 0 saturated carbocycles. The topological polar surface area (TPSA) is 96.5 Å². The van der Waals surface area contributed by atoms with Crippen molar-refractivity contribution in [3.63, 3.8) is 0 Å². The average molecular weight is 341 g/mol. The first kappa shape index (κ1) is 15.6. The standard InChI is InChI=1S/C17H19N5O3/c1-2-12-9-14(25-20-12)17(24)21-7-4-11(5-8-21)13-10-16(23)22-15(19-13)3-6-18-22/h3,6,9-11,18H,2,4-5,7-8H2,1H3. The molecule has 1 aliphatic rings. The van der Waals surface area contributed by atoms with Gasteiger partial charge in [-0.25, -0.2) is 9.50 Å². The summed E-state index contributed by atoms with van der Waals surface area (Å²) in [6.07, 6.45) is 3.97. The van der Waals surface area contributed by atoms with Gasteiger partial charge < -0.3 is 9.42 Å². The van der Waals surface area contributed by atoms with Crippen molar-refractivity contribution in [1.29, 1.82) is 0 Å². The van der Waals surface area contributed by atoms with Gasteiger partial charge in [0.25, 0.3) is 11.5 Å². The van der Waals surface area contributed by atoms with Crippen molar-refractivity contribution in [3.05, 3.63) is 51.9 Å². The van der Waals surface area contributed by atoms with Crippen molar-refractivity contribution in [2.24, 2.45) is 0 Å². The van der Waals surface area contributed by atoms with Crippen LogP contribution in [-0.4, -0.2) is 43.7 Å². The van der Waals surface area contributed by atoms with Crippen LogP contribution in [0.15, 0.2) is 33.7 Å². The van der Waals surface area contributed by atoms with E-state index in [-0.39, 0.29) is 17.4 Å². The molecule has 1 fully saturated rings. The van der Waals surface area contributed by atoms with Crippen LogP contribution in [0.25, 0.3) is 5.65 Å². The Morgan fingerprint density at radius 2 is 2.16 bits per heavy atom. The number of rotatable bonds is 3. The van der Waals surface area contributed by atoms with Gasteiger partial charge in [0.15, 0.2) is 5.65 Å². The molecule has 8 nitrogen and oxygen atoms in total. The Morgan fingerprint density at radius 1 is 1.36 bits per heavy atom. The zero-order valence-electron chi connectivity index (χ0n) is 13.9. The average Bonchev–Trinajstić information content (AvgIpc) is 3.30. The van der Waals surface area contributed by atoms with E-state index >= 15 is 0 Å². The Kier molecular flexibility index (Phi) is 3.87. The number of aromatic amines is 1. The molecular formula is C17H19N5O3. The number of piperidine rings is 1. The predicted molar refractivity (Wildman–Crippen MR) is 89.6 cm³/mol. The van der Waals surface area contributed by atoms with E-state index < -0.39 is 0 Å². The number of carbonyl (C=O) groups is 1. The largest absolute Gasteiger partial charge is 0.351 e. The molecular weight excluding hydrogens is 322 g/mol. The van der Waals surface area contributed by atoms with Crippen LogP contribution in [0.3, 0.4) is 0 Å². The summed E-state index contributed by atoms with van der Waals surface area (Å²) in [6.45, 7) is 3.19. The molecule has 130 valence electrons. The van der Waals surface area contributed by atoms with Gasteiger partial charge in [-0.15, -0.1) is 0 Å². The van der Waals surface area contributed by atoms with Crippen LogP contribution in [-0.2, 0) is 6.42 Å². The van der Waals surface area contributed by atoms with Gasteiger partial charge in [-0.05, 0) is 19.3 Å². The Balaban J connectivity index is 1.47. The van der Waals surface area contributed by atoms with Crippen LogP contribution in [0.4, 0.5) is 0 Å². The van der Waals surface area contributed by atoms with Gasteiger partial charge >= 0.3 is 0 Å². The molecule has 0 aliphatic carbocycles. The first-order valence-corrected chi connectivity index (χ1v) is 8.47. The number of carbonyl (C=O) groups excluding carboxylic acids is 1. The fraction of sp³-hybridized carbons (Fsp3) is 0.412. The Hall–Kier alpha value is -2.90. The second-order valence-corrected chi connectivity index (χ2v) is 6.28. The lowest BCUT2D eigenvalue weighted by molar-refractivity contribution is 0.0670. The van der Waals surface area contributed by atoms with E-state index in [0.717, 1.165) is 30.7 Å². The predicted octanol–water partition coefficient (Wildman–Crippen LogP) is 1.59. The molecule has 0 bridgehead atoms. The molecule has 4 rings (SSSR count). The summed E-state index contributed by atoms with van der Waals surface area (Å²) in [6, 6.07) is 5.06. The summed E-state index contributed by atoms with van der Waals surface area (Å²) in [4.78, 5) is 30.9. The molecule has 0 aromatic carbocycles. The van der Waals surface area contributed by atoms with E-state index in [9.17, 15) is 9.59 Å². The minimum Gasteiger partial charge on any atom is -0.351 e. The van der Waals surface area contributed by atoms with Crippen molar-refractivity contribution in [1.82, 2.24) is 24.7 Å². The zero-order chi connectivity index (χ0) is 17.4. The van der Waals surface area contributed by atoms with Gasteiger partial charge in [0.05, 0.1) is 11.4 Å². The highest BCUT2D eigenvalue weighted by molar-refractivity contribution is 5.91. The molecule has 0 atom stereocenters. The molecule has 4 heterocycles. The van der Waals surface area contributed by atoms with Crippen LogP contribution in [0, 0.1) is 0 Å². The fourth-order valence-electron chi connectivity index (χ4n) is 3.27. The van der Waals surface area contributed by atoms with Crippen LogP contribution < -0.4 is 5.56 Å². The number of H-pyrrole nitrogens is 1. The quantitative estimate of drug-likeness (QED) is 0.780. The van der Waals surface area contributed by atoms with Crippen LogP contribution in [0.5, 0.6) is 0 Å². The van der Waals surface area contributed by atoms with Crippen LogP contribution in [0.1, 0.15) is 47.6 Å². The summed E-state index contributed by atoms with van der Waals surface area (Å²) in [5, 5.41) is 6.71. The smallest absolute Gasteiger partial charge is 0.292 e. The molecule has 0 unspecified atom stereocenters. The van der Waals surface area contributed by atoms with Crippen molar-refractivity contribution in [3.8, 4) is 0 Å². The lowest BCUT2D eigenvalue weighted by Gasteiger charge is -2.30. The number of hydrogen-bond donors (Lipinski definition) is 1. The number of likely N-dealkylation sites (tertiary alicyclic amines) is 1. The van der Waals surface area contributed by atoms with E-state index in [1.807, 2.05) is 6.92 Å². The zero-order valence-corrected chi connectivity index (χ0v) is 13.9. The van der Waals surface area contributed by atoms with Crippen LogP contribution >= 0.6 is 0 Å². The van der Waals surface area contributed by atoms with E-state index in [1.54, 1.807) is 29.3 Å². The van der Waals surface area contributed by atoms with Crippen LogP contribution in [0.2, 0.25) is 0 Å². The molecule has 1 saturated heterocycles. The first-order chi connectivity index (χ1) is 12.2. The maximum Gasteiger partial charge on any atom is 0.292 e. The van der Waals surface area contributed by atoms with Gasteiger partial charge in [0.1, 0.15) is 0 Å². The molecule has 1 N–H and O–H groups in total. The third-order valence-corrected chi connectivity index (χ3v) is 4.73. The van der Waals surface area contributed by atoms with Gasteiger partial charge in [-0.3, -0.25) is 14.7 Å². The highest BCUT2D eigenvalue weighted by Gasteiger charge is 2.27. The summed E-state index contributed by atoms with van der Waals surface area (Å²) in [5.41, 5.74) is 2.08. The maximum absolute atomic E-state index is 12.5. The number of fused-ring (bicyclic) bond motifs is 1. The lowest BCUT2D eigenvalue weighted by Crippen LogP contribution is -2.38. The molecule has 0 radical (unpaired) electrons. The highest BCUT2D eigenvalue weighted by atomic mass is 16.5. The number of aryl methyl sites for hydroxylation is 1. The molecule has 1 amide bonds. The van der Waals surface area contributed by atoms with Gasteiger partial charge in [-0.2, -0.15) is 0 Å². The summed E-state index contributed by atoms with van der Waals surface area (Å²) in [5.74, 6) is 0.345. The Labute approximate surface area is 143 Å². The molecule has 3 aromatic heterocycles. The third-order valence-electron chi connectivity index (χ3n) is 4.73. The SMILES string of the molecule is CCc1cc(C(=O)N2CCC(c3cc(=O)n4[nH]ccc4n3)CC2)on1. The fourth-order valence-corrected chi connectivity index (χ4v) is 3.27. The van der Waals surface area contributed by atoms with E-state index in [0.29, 0.717) is 24.5 Å². The van der Waals surface area contributed by atoms with Gasteiger partial charge in [-0.1, -0.05) is 12.1 Å². The number of nitrogens with one attached hydrogen (secondary N) is 1. The lowest BCUT2D eigenvalue weighted by atomic mass is 9.93. The van der Waals surface area contributed by atoms with Crippen molar-refractivity contribution >= 4 is 11.6 Å². The minimum absolute atomic E-state index is 0.114. The number of aromatic nitrogens is 4. The van der Waals surface area contributed by atoms with E-state index in [1.165, 1.54) is 4.52 Å². The van der Waals surface area contributed by atoms with E-state index in [2.05, 4.69) is 15.2 Å². The van der Waals surface area contributed by atoms with Crippen molar-refractivity contribution < 1.29 is 9.32 Å². The van der Waals surface area contributed by atoms with E-state index in [4.69, 9.17) is 4.52 Å². The first-order valence-electron chi connectivity index (χ1n) is 8.47. The highest BCUT2D eigenvalue weighted by Crippen LogP contribution is 2.27. The maximum atomic E-state index is 12.5. The monoisotopic (exact) mass is 341 g/mol. The van der Waals surface area contributed by atoms with Crippen molar-refractivity contribution in [2.45, 2.75) is 32.1 Å². The third kappa shape index (κ3) is 2.84. The molecule has 25 heavy (non-hydrogen) atoms. The van der Waals surface area contributed by atoms with Gasteiger partial charge in [0.2, 0.25) is 5.76 Å². The normalized spacial score (nSPS) is 15.8. The summed E-state index contributed by atoms with van der Waals surface area (Å²) in [7, 11) is 0. The number of amides is 1. The van der Waals surface area contributed by atoms with Gasteiger partial charge in [0, 0.05) is 43.4 Å². The molecule has 3 aromatic rings. The molecule has 0 spiro atoms. The Morgan fingerprint density at radius 3 is 2.88 bits per heavy atom. The van der Waals surface area contributed by atoms with Crippen molar-refractivity contribution in [2.75, 3.05) is 13.1 Å². The second kappa shape index (κ2) is 6.19. The Bertz CT molecular complexity index is 962. The minimum atomic E-state index is -0.125. The second-order valence-electron chi connectivity index (χ2n) is 6.28. The molecule has 1 aliphatic heterocycles. The number of hydrogen-bond acceptors (Lipinski definition) is 5.